The second-order valence-electron chi connectivity index (χ2n) is 6.96. The summed E-state index contributed by atoms with van der Waals surface area (Å²) in [5.74, 6) is 0.889. The van der Waals surface area contributed by atoms with Gasteiger partial charge in [-0.1, -0.05) is 29.8 Å². The first-order chi connectivity index (χ1) is 13.6. The quantitative estimate of drug-likeness (QED) is 0.682. The molecule has 0 saturated carbocycles. The van der Waals surface area contributed by atoms with Crippen molar-refractivity contribution in [2.45, 2.75) is 20.3 Å². The number of thiazole rings is 1. The minimum Gasteiger partial charge on any atom is -0.339 e. The summed E-state index contributed by atoms with van der Waals surface area (Å²) in [5, 5.41) is 0.990. The van der Waals surface area contributed by atoms with Crippen molar-refractivity contribution in [3.8, 4) is 11.3 Å². The van der Waals surface area contributed by atoms with E-state index in [1.807, 2.05) is 17.9 Å². The maximum absolute atomic E-state index is 12.9. The molecule has 1 amide bonds. The Bertz CT molecular complexity index is 947. The fourth-order valence-electron chi connectivity index (χ4n) is 3.39. The molecular formula is C21H23N5OS. The molecule has 28 heavy (non-hydrogen) atoms. The first kappa shape index (κ1) is 18.6. The summed E-state index contributed by atoms with van der Waals surface area (Å²) in [4.78, 5) is 31.3. The summed E-state index contributed by atoms with van der Waals surface area (Å²) < 4.78 is 0. The average molecular weight is 394 g/mol. The summed E-state index contributed by atoms with van der Waals surface area (Å²) in [6, 6.07) is 10.1. The minimum absolute atomic E-state index is 0.158. The van der Waals surface area contributed by atoms with Gasteiger partial charge in [0.25, 0.3) is 0 Å². The van der Waals surface area contributed by atoms with Crippen LogP contribution >= 0.6 is 11.3 Å². The number of carbonyl (C=O) groups excluding carboxylic acids is 1. The Morgan fingerprint density at radius 2 is 1.71 bits per heavy atom. The molecule has 1 aliphatic heterocycles. The highest BCUT2D eigenvalue weighted by molar-refractivity contribution is 7.12. The number of rotatable bonds is 4. The molecule has 7 heteroatoms. The van der Waals surface area contributed by atoms with Gasteiger partial charge in [-0.15, -0.1) is 11.3 Å². The number of piperazine rings is 1. The molecule has 0 bridgehead atoms. The number of aromatic nitrogens is 3. The van der Waals surface area contributed by atoms with E-state index in [0.29, 0.717) is 19.5 Å². The van der Waals surface area contributed by atoms with Gasteiger partial charge in [0.05, 0.1) is 17.1 Å². The fraction of sp³-hybridized carbons (Fsp3) is 0.333. The Morgan fingerprint density at radius 3 is 2.39 bits per heavy atom. The van der Waals surface area contributed by atoms with E-state index in [4.69, 9.17) is 0 Å². The van der Waals surface area contributed by atoms with Crippen molar-refractivity contribution >= 4 is 23.2 Å². The largest absolute Gasteiger partial charge is 0.339 e. The third-order valence-corrected chi connectivity index (χ3v) is 5.88. The van der Waals surface area contributed by atoms with Crippen molar-refractivity contribution in [2.24, 2.45) is 0 Å². The predicted molar refractivity (Wildman–Crippen MR) is 112 cm³/mol. The number of hydrogen-bond acceptors (Lipinski definition) is 6. The van der Waals surface area contributed by atoms with E-state index in [9.17, 15) is 4.79 Å². The first-order valence-electron chi connectivity index (χ1n) is 9.43. The van der Waals surface area contributed by atoms with Crippen LogP contribution < -0.4 is 4.90 Å². The molecule has 0 unspecified atom stereocenters. The lowest BCUT2D eigenvalue weighted by Gasteiger charge is -2.34. The van der Waals surface area contributed by atoms with Gasteiger partial charge in [-0.3, -0.25) is 4.79 Å². The third kappa shape index (κ3) is 4.04. The number of aryl methyl sites for hydroxylation is 2. The Morgan fingerprint density at radius 1 is 1.04 bits per heavy atom. The maximum atomic E-state index is 12.9. The number of benzene rings is 1. The molecule has 144 valence electrons. The molecule has 2 aromatic heterocycles. The van der Waals surface area contributed by atoms with Crippen molar-refractivity contribution in [2.75, 3.05) is 31.1 Å². The smallest absolute Gasteiger partial charge is 0.228 e. The third-order valence-electron chi connectivity index (χ3n) is 4.91. The molecule has 0 atom stereocenters. The fourth-order valence-corrected chi connectivity index (χ4v) is 4.33. The normalized spacial score (nSPS) is 14.4. The first-order valence-corrected chi connectivity index (χ1v) is 10.2. The Labute approximate surface area is 168 Å². The summed E-state index contributed by atoms with van der Waals surface area (Å²) in [5.41, 5.74) is 3.23. The van der Waals surface area contributed by atoms with Gasteiger partial charge in [0.15, 0.2) is 0 Å². The molecule has 1 aliphatic rings. The molecule has 0 radical (unpaired) electrons. The number of carbonyl (C=O) groups is 1. The van der Waals surface area contributed by atoms with Gasteiger partial charge in [0.1, 0.15) is 0 Å². The van der Waals surface area contributed by atoms with Gasteiger partial charge in [0, 0.05) is 49.0 Å². The van der Waals surface area contributed by atoms with Crippen LogP contribution in [-0.4, -0.2) is 51.9 Å². The van der Waals surface area contributed by atoms with Crippen molar-refractivity contribution in [3.05, 3.63) is 58.2 Å². The lowest BCUT2D eigenvalue weighted by atomic mass is 10.1. The van der Waals surface area contributed by atoms with Gasteiger partial charge in [-0.05, 0) is 19.9 Å². The van der Waals surface area contributed by atoms with Crippen molar-refractivity contribution in [1.82, 2.24) is 19.9 Å². The van der Waals surface area contributed by atoms with Gasteiger partial charge in [0.2, 0.25) is 11.9 Å². The Hall–Kier alpha value is -2.80. The predicted octanol–water partition coefficient (Wildman–Crippen LogP) is 3.11. The van der Waals surface area contributed by atoms with Crippen LogP contribution in [0, 0.1) is 13.8 Å². The van der Waals surface area contributed by atoms with E-state index in [1.54, 1.807) is 23.7 Å². The maximum Gasteiger partial charge on any atom is 0.228 e. The second kappa shape index (κ2) is 8.06. The molecule has 4 rings (SSSR count). The van der Waals surface area contributed by atoms with E-state index in [2.05, 4.69) is 51.0 Å². The number of amides is 1. The van der Waals surface area contributed by atoms with Gasteiger partial charge in [-0.2, -0.15) is 0 Å². The molecule has 1 fully saturated rings. The van der Waals surface area contributed by atoms with Crippen LogP contribution in [-0.2, 0) is 11.2 Å². The van der Waals surface area contributed by atoms with E-state index in [0.717, 1.165) is 40.2 Å². The van der Waals surface area contributed by atoms with Crippen LogP contribution in [0.4, 0.5) is 5.95 Å². The second-order valence-corrected chi connectivity index (χ2v) is 8.25. The highest BCUT2D eigenvalue weighted by Crippen LogP contribution is 2.29. The molecule has 6 nitrogen and oxygen atoms in total. The average Bonchev–Trinajstić information content (AvgIpc) is 3.09. The lowest BCUT2D eigenvalue weighted by molar-refractivity contribution is -0.130. The summed E-state index contributed by atoms with van der Waals surface area (Å²) >= 11 is 1.61. The number of anilines is 1. The molecule has 0 spiro atoms. The summed E-state index contributed by atoms with van der Waals surface area (Å²) in [7, 11) is 0. The zero-order valence-electron chi connectivity index (χ0n) is 16.1. The minimum atomic E-state index is 0.158. The number of nitrogens with zero attached hydrogens (tertiary/aromatic N) is 5. The molecular weight excluding hydrogens is 370 g/mol. The van der Waals surface area contributed by atoms with Crippen molar-refractivity contribution < 1.29 is 4.79 Å². The van der Waals surface area contributed by atoms with E-state index in [-0.39, 0.29) is 5.91 Å². The monoisotopic (exact) mass is 393 g/mol. The van der Waals surface area contributed by atoms with Gasteiger partial charge >= 0.3 is 0 Å². The van der Waals surface area contributed by atoms with Crippen LogP contribution in [0.2, 0.25) is 0 Å². The van der Waals surface area contributed by atoms with Crippen LogP contribution in [0.25, 0.3) is 11.3 Å². The SMILES string of the molecule is Cc1ccc(-c2nc(C)sc2CC(=O)N2CCN(c3ncccn3)CC2)cc1. The van der Waals surface area contributed by atoms with Crippen molar-refractivity contribution in [3.63, 3.8) is 0 Å². The molecule has 3 aromatic rings. The lowest BCUT2D eigenvalue weighted by Crippen LogP contribution is -2.49. The van der Waals surface area contributed by atoms with Crippen LogP contribution in [0.1, 0.15) is 15.4 Å². The summed E-state index contributed by atoms with van der Waals surface area (Å²) in [6.07, 6.45) is 3.90. The molecule has 3 heterocycles. The zero-order chi connectivity index (χ0) is 19.5. The van der Waals surface area contributed by atoms with Crippen LogP contribution in [0.15, 0.2) is 42.7 Å². The van der Waals surface area contributed by atoms with Gasteiger partial charge < -0.3 is 9.80 Å². The Kier molecular flexibility index (Phi) is 5.34. The Balaban J connectivity index is 1.43. The molecule has 0 aliphatic carbocycles. The summed E-state index contributed by atoms with van der Waals surface area (Å²) in [6.45, 7) is 6.95. The van der Waals surface area contributed by atoms with Crippen LogP contribution in [0.3, 0.4) is 0 Å². The van der Waals surface area contributed by atoms with E-state index in [1.165, 1.54) is 5.56 Å². The van der Waals surface area contributed by atoms with Gasteiger partial charge in [-0.25, -0.2) is 15.0 Å². The van der Waals surface area contributed by atoms with Crippen molar-refractivity contribution in [1.29, 1.82) is 0 Å². The number of hydrogen-bond donors (Lipinski definition) is 0. The highest BCUT2D eigenvalue weighted by atomic mass is 32.1. The molecule has 0 N–H and O–H groups in total. The molecule has 1 aromatic carbocycles. The zero-order valence-corrected chi connectivity index (χ0v) is 16.9. The highest BCUT2D eigenvalue weighted by Gasteiger charge is 2.24. The van der Waals surface area contributed by atoms with E-state index >= 15 is 0 Å². The molecule has 1 saturated heterocycles. The van der Waals surface area contributed by atoms with E-state index < -0.39 is 0 Å². The van der Waals surface area contributed by atoms with Crippen LogP contribution in [0.5, 0.6) is 0 Å². The standard InChI is InChI=1S/C21H23N5OS/c1-15-4-6-17(7-5-15)20-18(28-16(2)24-20)14-19(27)25-10-12-26(13-11-25)21-22-8-3-9-23-21/h3-9H,10-14H2,1-2H3. The topological polar surface area (TPSA) is 62.2 Å².